The van der Waals surface area contributed by atoms with Crippen molar-refractivity contribution in [1.82, 2.24) is 20.0 Å². The average molecular weight is 338 g/mol. The lowest BCUT2D eigenvalue weighted by Gasteiger charge is -2.38. The first kappa shape index (κ1) is 19.5. The normalized spacial score (nSPS) is 28.9. The third-order valence-electron chi connectivity index (χ3n) is 5.49. The number of piperidine rings is 1. The third-order valence-corrected chi connectivity index (χ3v) is 5.49. The lowest BCUT2D eigenvalue weighted by molar-refractivity contribution is 0.109. The Morgan fingerprint density at radius 2 is 1.71 bits per heavy atom. The molecular weight excluding hydrogens is 298 g/mol. The highest BCUT2D eigenvalue weighted by Crippen LogP contribution is 2.21. The fourth-order valence-corrected chi connectivity index (χ4v) is 4.12. The molecule has 0 aromatic heterocycles. The molecule has 3 unspecified atom stereocenters. The molecule has 0 amide bonds. The zero-order valence-electron chi connectivity index (χ0n) is 16.6. The van der Waals surface area contributed by atoms with Gasteiger partial charge in [-0.25, -0.2) is 0 Å². The van der Waals surface area contributed by atoms with Crippen molar-refractivity contribution in [3.8, 4) is 0 Å². The van der Waals surface area contributed by atoms with Crippen LogP contribution in [0.3, 0.4) is 0 Å². The molecule has 0 spiro atoms. The Bertz CT molecular complexity index is 379. The first-order valence-electron chi connectivity index (χ1n) is 10.0. The maximum Gasteiger partial charge on any atom is 0.193 e. The van der Waals surface area contributed by atoms with Crippen molar-refractivity contribution < 1.29 is 0 Å². The molecule has 2 saturated heterocycles. The van der Waals surface area contributed by atoms with Crippen LogP contribution < -0.4 is 5.32 Å². The molecule has 0 radical (unpaired) electrons. The van der Waals surface area contributed by atoms with Crippen molar-refractivity contribution in [2.24, 2.45) is 16.8 Å². The number of likely N-dealkylation sites (tertiary alicyclic amines) is 1. The summed E-state index contributed by atoms with van der Waals surface area (Å²) in [5.41, 5.74) is 0. The predicted octanol–water partition coefficient (Wildman–Crippen LogP) is 1.96. The van der Waals surface area contributed by atoms with Gasteiger partial charge in [-0.15, -0.1) is 0 Å². The van der Waals surface area contributed by atoms with Crippen molar-refractivity contribution in [2.45, 2.75) is 47.1 Å². The third kappa shape index (κ3) is 5.62. The molecule has 0 aromatic rings. The SMILES string of the molecule is CCNC(=NCC(C)N1CCN(CC)CC1)N1CC(C)CC(C)C1. The zero-order chi connectivity index (χ0) is 17.5. The Morgan fingerprint density at radius 3 is 2.25 bits per heavy atom. The van der Waals surface area contributed by atoms with Gasteiger partial charge in [0.05, 0.1) is 6.54 Å². The molecule has 2 aliphatic heterocycles. The Kier molecular flexibility index (Phi) is 7.82. The first-order chi connectivity index (χ1) is 11.5. The lowest BCUT2D eigenvalue weighted by atomic mass is 9.92. The number of nitrogens with one attached hydrogen (secondary N) is 1. The molecule has 2 aliphatic rings. The molecule has 1 N–H and O–H groups in total. The van der Waals surface area contributed by atoms with E-state index in [0.717, 1.165) is 44.0 Å². The van der Waals surface area contributed by atoms with Crippen molar-refractivity contribution in [1.29, 1.82) is 0 Å². The van der Waals surface area contributed by atoms with E-state index in [1.165, 1.54) is 39.1 Å². The number of guanidine groups is 1. The summed E-state index contributed by atoms with van der Waals surface area (Å²) in [6.07, 6.45) is 1.34. The quantitative estimate of drug-likeness (QED) is 0.614. The molecule has 5 heteroatoms. The summed E-state index contributed by atoms with van der Waals surface area (Å²) in [5, 5.41) is 3.52. The maximum absolute atomic E-state index is 5.00. The van der Waals surface area contributed by atoms with Gasteiger partial charge in [0.1, 0.15) is 0 Å². The van der Waals surface area contributed by atoms with E-state index in [0.29, 0.717) is 6.04 Å². The maximum atomic E-state index is 5.00. The van der Waals surface area contributed by atoms with Crippen LogP contribution in [0.25, 0.3) is 0 Å². The monoisotopic (exact) mass is 337 g/mol. The van der Waals surface area contributed by atoms with E-state index in [1.54, 1.807) is 0 Å². The summed E-state index contributed by atoms with van der Waals surface area (Å²) < 4.78 is 0. The number of rotatable bonds is 5. The van der Waals surface area contributed by atoms with Gasteiger partial charge in [0.25, 0.3) is 0 Å². The van der Waals surface area contributed by atoms with Crippen LogP contribution in [-0.2, 0) is 0 Å². The molecule has 2 rings (SSSR count). The number of nitrogens with zero attached hydrogens (tertiary/aromatic N) is 4. The second kappa shape index (κ2) is 9.62. The molecular formula is C19H39N5. The van der Waals surface area contributed by atoms with E-state index in [9.17, 15) is 0 Å². The Morgan fingerprint density at radius 1 is 1.08 bits per heavy atom. The van der Waals surface area contributed by atoms with Crippen LogP contribution in [-0.4, -0.2) is 85.6 Å². The number of likely N-dealkylation sites (N-methyl/N-ethyl adjacent to an activating group) is 1. The summed E-state index contributed by atoms with van der Waals surface area (Å²) in [5.74, 6) is 2.64. The van der Waals surface area contributed by atoms with Gasteiger partial charge in [-0.05, 0) is 38.6 Å². The Balaban J connectivity index is 1.90. The summed E-state index contributed by atoms with van der Waals surface area (Å²) in [6, 6.07) is 0.525. The predicted molar refractivity (Wildman–Crippen MR) is 104 cm³/mol. The smallest absolute Gasteiger partial charge is 0.193 e. The van der Waals surface area contributed by atoms with E-state index in [4.69, 9.17) is 4.99 Å². The standard InChI is InChI=1S/C19H39N5/c1-6-20-19(24-14-16(3)12-17(4)15-24)21-13-18(5)23-10-8-22(7-2)9-11-23/h16-18H,6-15H2,1-5H3,(H,20,21). The van der Waals surface area contributed by atoms with E-state index < -0.39 is 0 Å². The van der Waals surface area contributed by atoms with Crippen molar-refractivity contribution in [3.63, 3.8) is 0 Å². The molecule has 0 aliphatic carbocycles. The van der Waals surface area contributed by atoms with Crippen molar-refractivity contribution in [2.75, 3.05) is 58.9 Å². The van der Waals surface area contributed by atoms with Crippen LogP contribution in [0.2, 0.25) is 0 Å². The topological polar surface area (TPSA) is 34.1 Å². The highest BCUT2D eigenvalue weighted by Gasteiger charge is 2.25. The van der Waals surface area contributed by atoms with E-state index >= 15 is 0 Å². The summed E-state index contributed by atoms with van der Waals surface area (Å²) in [6.45, 7) is 21.5. The van der Waals surface area contributed by atoms with Gasteiger partial charge in [0.15, 0.2) is 5.96 Å². The fraction of sp³-hybridized carbons (Fsp3) is 0.947. The minimum atomic E-state index is 0.525. The summed E-state index contributed by atoms with van der Waals surface area (Å²) >= 11 is 0. The van der Waals surface area contributed by atoms with Crippen LogP contribution >= 0.6 is 0 Å². The first-order valence-corrected chi connectivity index (χ1v) is 10.0. The minimum absolute atomic E-state index is 0.525. The number of hydrogen-bond donors (Lipinski definition) is 1. The van der Waals surface area contributed by atoms with Crippen LogP contribution in [0.1, 0.15) is 41.0 Å². The van der Waals surface area contributed by atoms with Gasteiger partial charge in [-0.1, -0.05) is 20.8 Å². The second-order valence-corrected chi connectivity index (χ2v) is 7.86. The van der Waals surface area contributed by atoms with E-state index in [1.807, 2.05) is 0 Å². The number of piperazine rings is 1. The Labute approximate surface area is 149 Å². The van der Waals surface area contributed by atoms with Gasteiger partial charge < -0.3 is 15.1 Å². The molecule has 0 bridgehead atoms. The van der Waals surface area contributed by atoms with Gasteiger partial charge in [-0.3, -0.25) is 9.89 Å². The molecule has 5 nitrogen and oxygen atoms in total. The van der Waals surface area contributed by atoms with Crippen molar-refractivity contribution >= 4 is 5.96 Å². The Hall–Kier alpha value is -0.810. The van der Waals surface area contributed by atoms with E-state index in [2.05, 4.69) is 54.6 Å². The average Bonchev–Trinajstić information content (AvgIpc) is 2.57. The van der Waals surface area contributed by atoms with Crippen molar-refractivity contribution in [3.05, 3.63) is 0 Å². The molecule has 140 valence electrons. The molecule has 2 fully saturated rings. The van der Waals surface area contributed by atoms with Crippen LogP contribution in [0.4, 0.5) is 0 Å². The van der Waals surface area contributed by atoms with Gasteiger partial charge in [0, 0.05) is 51.9 Å². The minimum Gasteiger partial charge on any atom is -0.357 e. The molecule has 0 saturated carbocycles. The number of aliphatic imine (C=N–C) groups is 1. The lowest BCUT2D eigenvalue weighted by Crippen LogP contribution is -2.51. The van der Waals surface area contributed by atoms with Crippen LogP contribution in [0, 0.1) is 11.8 Å². The second-order valence-electron chi connectivity index (χ2n) is 7.86. The molecule has 3 atom stereocenters. The molecule has 2 heterocycles. The molecule has 24 heavy (non-hydrogen) atoms. The fourth-order valence-electron chi connectivity index (χ4n) is 4.12. The summed E-state index contributed by atoms with van der Waals surface area (Å²) in [4.78, 5) is 12.6. The van der Waals surface area contributed by atoms with Gasteiger partial charge >= 0.3 is 0 Å². The van der Waals surface area contributed by atoms with Crippen LogP contribution in [0.5, 0.6) is 0 Å². The summed E-state index contributed by atoms with van der Waals surface area (Å²) in [7, 11) is 0. The van der Waals surface area contributed by atoms with E-state index in [-0.39, 0.29) is 0 Å². The highest BCUT2D eigenvalue weighted by molar-refractivity contribution is 5.80. The van der Waals surface area contributed by atoms with Gasteiger partial charge in [0.2, 0.25) is 0 Å². The zero-order valence-corrected chi connectivity index (χ0v) is 16.6. The van der Waals surface area contributed by atoms with Gasteiger partial charge in [-0.2, -0.15) is 0 Å². The largest absolute Gasteiger partial charge is 0.357 e. The highest BCUT2D eigenvalue weighted by atomic mass is 15.3. The molecule has 0 aromatic carbocycles. The number of hydrogen-bond acceptors (Lipinski definition) is 3. The van der Waals surface area contributed by atoms with Crippen LogP contribution in [0.15, 0.2) is 4.99 Å².